The number of halogens is 2. The highest BCUT2D eigenvalue weighted by atomic mass is 35.5. The molecule has 2 heterocycles. The lowest BCUT2D eigenvalue weighted by Crippen LogP contribution is -2.56. The molecule has 58 heavy (non-hydrogen) atoms. The van der Waals surface area contributed by atoms with E-state index in [1.54, 1.807) is 86.6 Å². The predicted molar refractivity (Wildman–Crippen MR) is 218 cm³/mol. The molecule has 7 rings (SSSR count). The third-order valence-corrected chi connectivity index (χ3v) is 10.9. The zero-order valence-corrected chi connectivity index (χ0v) is 33.0. The lowest BCUT2D eigenvalue weighted by atomic mass is 9.90. The van der Waals surface area contributed by atoms with Crippen LogP contribution >= 0.6 is 23.2 Å². The molecular formula is C45H38Cl2N4O7. The summed E-state index contributed by atoms with van der Waals surface area (Å²) in [7, 11) is 0. The molecule has 0 fully saturated rings. The summed E-state index contributed by atoms with van der Waals surface area (Å²) in [6.45, 7) is 3.84. The fourth-order valence-corrected chi connectivity index (χ4v) is 7.34. The van der Waals surface area contributed by atoms with Crippen LogP contribution in [-0.4, -0.2) is 45.8 Å². The monoisotopic (exact) mass is 816 g/mol. The highest BCUT2D eigenvalue weighted by Crippen LogP contribution is 2.40. The van der Waals surface area contributed by atoms with Crippen molar-refractivity contribution in [2.45, 2.75) is 58.0 Å². The van der Waals surface area contributed by atoms with Gasteiger partial charge >= 0.3 is 5.97 Å². The van der Waals surface area contributed by atoms with Gasteiger partial charge in [-0.05, 0) is 81.9 Å². The topological polar surface area (TPSA) is 158 Å². The van der Waals surface area contributed by atoms with Gasteiger partial charge in [0, 0.05) is 30.9 Å². The van der Waals surface area contributed by atoms with Crippen LogP contribution in [0.15, 0.2) is 103 Å². The molecule has 3 amide bonds. The molecule has 0 bridgehead atoms. The Balaban J connectivity index is 1.04. The first-order chi connectivity index (χ1) is 27.9. The standard InChI is InChI=1S/C45H38Cl2N4O7/c1-25(2)44(54)51-23-33-21-40-37(49-43(53)41(58-40)31-12-14-34(15-13-31)57-24-28-7-16-35(46)36(47)17-28)19-32(33)20-39(51)42(52)50-38(45(55)56)18-26-3-8-29(9-4-26)30-10-5-27(22-48)6-11-30/h3-17,19,21,25,38-39,41H,18,20,23-24H2,1-2H3,(H,49,53)(H,50,52)(H,55,56)/t38?,39-,41-/m0/s1. The van der Waals surface area contributed by atoms with Crippen molar-refractivity contribution in [3.05, 3.63) is 147 Å². The first-order valence-corrected chi connectivity index (χ1v) is 19.4. The zero-order valence-electron chi connectivity index (χ0n) is 31.5. The van der Waals surface area contributed by atoms with Crippen LogP contribution in [0, 0.1) is 17.2 Å². The maximum Gasteiger partial charge on any atom is 0.326 e. The number of ether oxygens (including phenoxy) is 2. The van der Waals surface area contributed by atoms with Crippen LogP contribution in [-0.2, 0) is 45.2 Å². The third-order valence-electron chi connectivity index (χ3n) is 10.2. The summed E-state index contributed by atoms with van der Waals surface area (Å²) in [5, 5.41) is 25.8. The molecule has 0 saturated heterocycles. The molecule has 0 aromatic heterocycles. The van der Waals surface area contributed by atoms with Crippen molar-refractivity contribution in [1.82, 2.24) is 10.2 Å². The molecule has 11 nitrogen and oxygen atoms in total. The summed E-state index contributed by atoms with van der Waals surface area (Å²) in [5.74, 6) is -1.89. The normalized spacial score (nSPS) is 16.2. The van der Waals surface area contributed by atoms with E-state index in [0.717, 1.165) is 27.8 Å². The summed E-state index contributed by atoms with van der Waals surface area (Å²) in [4.78, 5) is 54.8. The number of anilines is 1. The van der Waals surface area contributed by atoms with Crippen molar-refractivity contribution in [3.8, 4) is 28.7 Å². The number of carbonyl (C=O) groups is 4. The van der Waals surface area contributed by atoms with Crippen LogP contribution in [0.25, 0.3) is 11.1 Å². The minimum absolute atomic E-state index is 0.0166. The second-order valence-electron chi connectivity index (χ2n) is 14.5. The number of nitriles is 1. The molecule has 0 spiro atoms. The molecule has 3 N–H and O–H groups in total. The van der Waals surface area contributed by atoms with E-state index >= 15 is 0 Å². The number of hydrogen-bond donors (Lipinski definition) is 3. The fourth-order valence-electron chi connectivity index (χ4n) is 7.02. The number of benzene rings is 5. The number of amides is 3. The Hall–Kier alpha value is -6.35. The second kappa shape index (κ2) is 17.0. The maximum atomic E-state index is 13.9. The molecule has 0 radical (unpaired) electrons. The minimum Gasteiger partial charge on any atom is -0.489 e. The maximum absolute atomic E-state index is 13.9. The van der Waals surface area contributed by atoms with Gasteiger partial charge in [-0.2, -0.15) is 5.26 Å². The Morgan fingerprint density at radius 2 is 1.59 bits per heavy atom. The van der Waals surface area contributed by atoms with Crippen molar-refractivity contribution in [1.29, 1.82) is 5.26 Å². The number of nitrogens with zero attached hydrogens (tertiary/aromatic N) is 2. The van der Waals surface area contributed by atoms with E-state index in [2.05, 4.69) is 16.7 Å². The summed E-state index contributed by atoms with van der Waals surface area (Å²) in [5.41, 5.74) is 6.39. The van der Waals surface area contributed by atoms with E-state index in [9.17, 15) is 24.3 Å². The second-order valence-corrected chi connectivity index (χ2v) is 15.4. The SMILES string of the molecule is CC(C)C(=O)N1Cc2cc3c(cc2C[C@H]1C(=O)NC(Cc1ccc(-c2ccc(C#N)cc2)cc1)C(=O)O)NC(=O)[C@H](c1ccc(OCc2ccc(Cl)c(Cl)c2)cc1)O3. The number of rotatable bonds is 11. The van der Waals surface area contributed by atoms with Crippen LogP contribution in [0.3, 0.4) is 0 Å². The van der Waals surface area contributed by atoms with E-state index in [-0.39, 0.29) is 37.8 Å². The van der Waals surface area contributed by atoms with Crippen LogP contribution in [0.4, 0.5) is 5.69 Å². The molecule has 2 aliphatic rings. The van der Waals surface area contributed by atoms with Crippen molar-refractivity contribution in [2.75, 3.05) is 5.32 Å². The number of carboxylic acid groups (broad SMARTS) is 1. The zero-order chi connectivity index (χ0) is 41.1. The fraction of sp³-hybridized carbons (Fsp3) is 0.222. The average molecular weight is 818 g/mol. The Labute approximate surface area is 345 Å². The number of nitrogens with one attached hydrogen (secondary N) is 2. The molecule has 1 unspecified atom stereocenters. The van der Waals surface area contributed by atoms with Crippen LogP contribution in [0.1, 0.15) is 53.3 Å². The highest BCUT2D eigenvalue weighted by Gasteiger charge is 2.39. The third kappa shape index (κ3) is 8.79. The largest absolute Gasteiger partial charge is 0.489 e. The molecule has 5 aromatic carbocycles. The number of aliphatic carboxylic acids is 1. The smallest absolute Gasteiger partial charge is 0.326 e. The molecule has 294 valence electrons. The van der Waals surface area contributed by atoms with E-state index < -0.39 is 36.0 Å². The number of hydrogen-bond acceptors (Lipinski definition) is 7. The summed E-state index contributed by atoms with van der Waals surface area (Å²) >= 11 is 12.1. The van der Waals surface area contributed by atoms with E-state index in [1.165, 1.54) is 4.90 Å². The minimum atomic E-state index is -1.26. The molecule has 13 heteroatoms. The number of fused-ring (bicyclic) bond motifs is 2. The van der Waals surface area contributed by atoms with Crippen LogP contribution in [0.2, 0.25) is 10.0 Å². The van der Waals surface area contributed by atoms with Crippen molar-refractivity contribution in [3.63, 3.8) is 0 Å². The van der Waals surface area contributed by atoms with Gasteiger partial charge in [0.25, 0.3) is 5.91 Å². The number of carboxylic acids is 1. The molecule has 3 atom stereocenters. The highest BCUT2D eigenvalue weighted by molar-refractivity contribution is 6.42. The molecule has 0 saturated carbocycles. The van der Waals surface area contributed by atoms with Gasteiger partial charge in [-0.3, -0.25) is 14.4 Å². The van der Waals surface area contributed by atoms with Crippen molar-refractivity contribution < 1.29 is 33.8 Å². The lowest BCUT2D eigenvalue weighted by molar-refractivity contribution is -0.146. The Bertz CT molecular complexity index is 2430. The van der Waals surface area contributed by atoms with Gasteiger partial charge in [0.2, 0.25) is 17.9 Å². The first kappa shape index (κ1) is 39.9. The predicted octanol–water partition coefficient (Wildman–Crippen LogP) is 7.90. The van der Waals surface area contributed by atoms with Crippen molar-refractivity contribution >= 4 is 52.6 Å². The Morgan fingerprint density at radius 3 is 2.22 bits per heavy atom. The number of carbonyl (C=O) groups excluding carboxylic acids is 3. The average Bonchev–Trinajstić information content (AvgIpc) is 3.22. The quantitative estimate of drug-likeness (QED) is 0.121. The van der Waals surface area contributed by atoms with Gasteiger partial charge in [0.15, 0.2) is 0 Å². The van der Waals surface area contributed by atoms with E-state index in [0.29, 0.717) is 43.9 Å². The first-order valence-electron chi connectivity index (χ1n) is 18.6. The van der Waals surface area contributed by atoms with Gasteiger partial charge in [0.05, 0.1) is 27.4 Å². The van der Waals surface area contributed by atoms with Gasteiger partial charge in [0.1, 0.15) is 30.2 Å². The Kier molecular flexibility index (Phi) is 11.7. The molecule has 2 aliphatic heterocycles. The van der Waals surface area contributed by atoms with Gasteiger partial charge < -0.3 is 30.1 Å². The summed E-state index contributed by atoms with van der Waals surface area (Å²) in [6.07, 6.45) is -0.838. The molecule has 5 aromatic rings. The Morgan fingerprint density at radius 1 is 0.914 bits per heavy atom. The summed E-state index contributed by atoms with van der Waals surface area (Å²) < 4.78 is 12.1. The molecular weight excluding hydrogens is 779 g/mol. The van der Waals surface area contributed by atoms with Gasteiger partial charge in [-0.25, -0.2) is 4.79 Å². The van der Waals surface area contributed by atoms with Crippen molar-refractivity contribution in [2.24, 2.45) is 5.92 Å². The summed E-state index contributed by atoms with van der Waals surface area (Å²) in [6, 6.07) is 30.1. The van der Waals surface area contributed by atoms with Gasteiger partial charge in [-0.1, -0.05) is 91.6 Å². The van der Waals surface area contributed by atoms with Crippen LogP contribution in [0.5, 0.6) is 11.5 Å². The lowest BCUT2D eigenvalue weighted by Gasteiger charge is -2.38. The van der Waals surface area contributed by atoms with E-state index in [4.69, 9.17) is 37.9 Å². The van der Waals surface area contributed by atoms with E-state index in [1.807, 2.05) is 30.3 Å². The van der Waals surface area contributed by atoms with Gasteiger partial charge in [-0.15, -0.1) is 0 Å². The van der Waals surface area contributed by atoms with Crippen LogP contribution < -0.4 is 20.1 Å². The molecule has 0 aliphatic carbocycles.